The largest absolute Gasteiger partial charge is 0.381 e. The Morgan fingerprint density at radius 3 is 2.95 bits per heavy atom. The van der Waals surface area contributed by atoms with E-state index in [1.165, 1.54) is 6.07 Å². The van der Waals surface area contributed by atoms with Crippen LogP contribution in [0.1, 0.15) is 26.7 Å². The topological polar surface area (TPSA) is 64.4 Å². The van der Waals surface area contributed by atoms with Gasteiger partial charge in [-0.05, 0) is 25.0 Å². The van der Waals surface area contributed by atoms with Crippen LogP contribution in [0, 0.1) is 21.4 Å². The number of fused-ring (bicyclic) bond motifs is 1. The van der Waals surface area contributed by atoms with Crippen molar-refractivity contribution in [2.24, 2.45) is 11.3 Å². The molecule has 1 heterocycles. The van der Waals surface area contributed by atoms with Crippen molar-refractivity contribution in [3.63, 3.8) is 0 Å². The van der Waals surface area contributed by atoms with Crippen LogP contribution in [0.5, 0.6) is 0 Å². The Kier molecular flexibility index (Phi) is 3.58. The van der Waals surface area contributed by atoms with Crippen LogP contribution in [-0.4, -0.2) is 23.7 Å². The van der Waals surface area contributed by atoms with E-state index in [0.29, 0.717) is 5.92 Å². The summed E-state index contributed by atoms with van der Waals surface area (Å²) in [5.74, 6) is 0.475. The van der Waals surface area contributed by atoms with Gasteiger partial charge in [-0.1, -0.05) is 25.4 Å². The minimum Gasteiger partial charge on any atom is -0.381 e. The van der Waals surface area contributed by atoms with Gasteiger partial charge in [-0.2, -0.15) is 0 Å². The molecule has 0 bridgehead atoms. The van der Waals surface area contributed by atoms with Crippen molar-refractivity contribution in [2.75, 3.05) is 11.9 Å². The van der Waals surface area contributed by atoms with Crippen LogP contribution >= 0.6 is 11.6 Å². The molecule has 0 radical (unpaired) electrons. The summed E-state index contributed by atoms with van der Waals surface area (Å²) in [7, 11) is 0. The van der Waals surface area contributed by atoms with Crippen molar-refractivity contribution >= 4 is 23.0 Å². The van der Waals surface area contributed by atoms with Crippen LogP contribution in [0.15, 0.2) is 18.2 Å². The first kappa shape index (κ1) is 14.6. The summed E-state index contributed by atoms with van der Waals surface area (Å²) in [6, 6.07) is 5.14. The number of ether oxygens (including phenoxy) is 1. The van der Waals surface area contributed by atoms with Crippen LogP contribution in [-0.2, 0) is 4.74 Å². The van der Waals surface area contributed by atoms with E-state index in [1.54, 1.807) is 12.1 Å². The van der Waals surface area contributed by atoms with E-state index in [-0.39, 0.29) is 28.3 Å². The molecule has 1 aliphatic carbocycles. The molecule has 114 valence electrons. The molecule has 0 aromatic heterocycles. The fraction of sp³-hybridized carbons (Fsp3) is 0.600. The smallest absolute Gasteiger partial charge is 0.289 e. The Morgan fingerprint density at radius 1 is 1.48 bits per heavy atom. The Bertz CT molecular complexity index is 576. The number of rotatable bonds is 3. The van der Waals surface area contributed by atoms with Crippen LogP contribution in [0.4, 0.5) is 11.4 Å². The molecule has 3 rings (SSSR count). The lowest BCUT2D eigenvalue weighted by molar-refractivity contribution is -0.384. The van der Waals surface area contributed by atoms with Crippen LogP contribution < -0.4 is 5.32 Å². The molecule has 21 heavy (non-hydrogen) atoms. The van der Waals surface area contributed by atoms with Gasteiger partial charge >= 0.3 is 0 Å². The van der Waals surface area contributed by atoms with Crippen molar-refractivity contribution in [1.29, 1.82) is 0 Å². The van der Waals surface area contributed by atoms with Gasteiger partial charge in [0.2, 0.25) is 0 Å². The molecule has 1 saturated carbocycles. The summed E-state index contributed by atoms with van der Waals surface area (Å²) < 4.78 is 5.87. The quantitative estimate of drug-likeness (QED) is 0.680. The lowest BCUT2D eigenvalue weighted by Crippen LogP contribution is -2.67. The van der Waals surface area contributed by atoms with Gasteiger partial charge in [0.1, 0.15) is 5.02 Å². The highest BCUT2D eigenvalue weighted by Gasteiger charge is 2.57. The number of nitrogens with zero attached hydrogens (tertiary/aromatic N) is 1. The van der Waals surface area contributed by atoms with Crippen molar-refractivity contribution < 1.29 is 9.66 Å². The van der Waals surface area contributed by atoms with Gasteiger partial charge in [-0.25, -0.2) is 0 Å². The lowest BCUT2D eigenvalue weighted by atomic mass is 9.55. The van der Waals surface area contributed by atoms with Crippen molar-refractivity contribution in [2.45, 2.75) is 38.8 Å². The molecular formula is C15H19ClN2O3. The van der Waals surface area contributed by atoms with Gasteiger partial charge in [-0.3, -0.25) is 10.1 Å². The second-order valence-corrected chi connectivity index (χ2v) is 6.87. The molecule has 0 amide bonds. The summed E-state index contributed by atoms with van der Waals surface area (Å²) in [6.07, 6.45) is 2.50. The van der Waals surface area contributed by atoms with Gasteiger partial charge in [0, 0.05) is 35.7 Å². The van der Waals surface area contributed by atoms with Crippen molar-refractivity contribution in [3.8, 4) is 0 Å². The van der Waals surface area contributed by atoms with Gasteiger partial charge in [0.15, 0.2) is 0 Å². The zero-order valence-corrected chi connectivity index (χ0v) is 12.9. The molecule has 1 N–H and O–H groups in total. The van der Waals surface area contributed by atoms with E-state index in [0.717, 1.165) is 25.1 Å². The van der Waals surface area contributed by atoms with Crippen molar-refractivity contribution in [1.82, 2.24) is 0 Å². The van der Waals surface area contributed by atoms with E-state index < -0.39 is 4.92 Å². The molecule has 2 aliphatic rings. The molecule has 1 saturated heterocycles. The average molecular weight is 311 g/mol. The van der Waals surface area contributed by atoms with E-state index in [1.807, 2.05) is 0 Å². The van der Waals surface area contributed by atoms with E-state index in [2.05, 4.69) is 19.2 Å². The minimum absolute atomic E-state index is 0.0273. The lowest BCUT2D eigenvalue weighted by Gasteiger charge is -2.60. The molecule has 3 unspecified atom stereocenters. The number of hydrogen-bond donors (Lipinski definition) is 1. The first-order chi connectivity index (χ1) is 9.91. The second-order valence-electron chi connectivity index (χ2n) is 6.46. The predicted octanol–water partition coefficient (Wildman–Crippen LogP) is 3.86. The van der Waals surface area contributed by atoms with E-state index in [9.17, 15) is 10.1 Å². The Labute approximate surface area is 128 Å². The third kappa shape index (κ3) is 2.38. The van der Waals surface area contributed by atoms with Gasteiger partial charge in [0.05, 0.1) is 11.0 Å². The molecule has 3 atom stereocenters. The minimum atomic E-state index is -0.452. The van der Waals surface area contributed by atoms with E-state index >= 15 is 0 Å². The van der Waals surface area contributed by atoms with E-state index in [4.69, 9.17) is 16.3 Å². The molecule has 0 spiro atoms. The molecule has 1 aromatic rings. The van der Waals surface area contributed by atoms with Gasteiger partial charge in [-0.15, -0.1) is 0 Å². The molecular weight excluding hydrogens is 292 g/mol. The molecule has 1 aromatic carbocycles. The molecule has 1 aliphatic heterocycles. The summed E-state index contributed by atoms with van der Waals surface area (Å²) in [5, 5.41) is 14.6. The third-order valence-corrected chi connectivity index (χ3v) is 5.12. The summed E-state index contributed by atoms with van der Waals surface area (Å²) in [4.78, 5) is 10.5. The summed E-state index contributed by atoms with van der Waals surface area (Å²) >= 11 is 5.85. The zero-order chi connectivity index (χ0) is 15.2. The zero-order valence-electron chi connectivity index (χ0n) is 12.1. The number of nitrogens with one attached hydrogen (secondary N) is 1. The first-order valence-electron chi connectivity index (χ1n) is 7.23. The standard InChI is InChI=1S/C15H19ClN2O3/c1-15(2)13(10-4-3-7-21-14(10)15)17-9-5-6-11(16)12(8-9)18(19)20/h5-6,8,10,13-14,17H,3-4,7H2,1-2H3. The number of anilines is 1. The second kappa shape index (κ2) is 5.14. The number of halogens is 1. The Morgan fingerprint density at radius 2 is 2.24 bits per heavy atom. The Hall–Kier alpha value is -1.33. The number of nitro benzene ring substituents is 1. The highest BCUT2D eigenvalue weighted by Crippen LogP contribution is 2.52. The van der Waals surface area contributed by atoms with Gasteiger partial charge in [0.25, 0.3) is 5.69 Å². The van der Waals surface area contributed by atoms with Crippen LogP contribution in [0.2, 0.25) is 5.02 Å². The number of nitro groups is 1. The normalized spacial score (nSPS) is 30.1. The molecule has 5 nitrogen and oxygen atoms in total. The maximum absolute atomic E-state index is 11.0. The average Bonchev–Trinajstić information content (AvgIpc) is 2.46. The third-order valence-electron chi connectivity index (χ3n) is 4.80. The maximum Gasteiger partial charge on any atom is 0.289 e. The number of hydrogen-bond acceptors (Lipinski definition) is 4. The SMILES string of the molecule is CC1(C)C(Nc2ccc(Cl)c([N+](=O)[O-])c2)C2CCCOC21. The van der Waals surface area contributed by atoms with Crippen molar-refractivity contribution in [3.05, 3.63) is 33.3 Å². The molecule has 6 heteroatoms. The maximum atomic E-state index is 11.0. The summed E-state index contributed by atoms with van der Waals surface area (Å²) in [5.41, 5.74) is 0.711. The monoisotopic (exact) mass is 310 g/mol. The number of benzene rings is 1. The highest BCUT2D eigenvalue weighted by molar-refractivity contribution is 6.32. The fourth-order valence-corrected chi connectivity index (χ4v) is 3.92. The van der Waals surface area contributed by atoms with Gasteiger partial charge < -0.3 is 10.1 Å². The first-order valence-corrected chi connectivity index (χ1v) is 7.61. The van der Waals surface area contributed by atoms with Crippen LogP contribution in [0.3, 0.4) is 0 Å². The summed E-state index contributed by atoms with van der Waals surface area (Å²) in [6.45, 7) is 5.20. The highest BCUT2D eigenvalue weighted by atomic mass is 35.5. The predicted molar refractivity (Wildman–Crippen MR) is 81.8 cm³/mol. The fourth-order valence-electron chi connectivity index (χ4n) is 3.74. The molecule has 2 fully saturated rings. The Balaban J connectivity index is 1.80. The van der Waals surface area contributed by atoms with Crippen LogP contribution in [0.25, 0.3) is 0 Å².